The summed E-state index contributed by atoms with van der Waals surface area (Å²) in [6, 6.07) is 2.42. The van der Waals surface area contributed by atoms with Crippen LogP contribution < -0.4 is 5.32 Å². The zero-order valence-corrected chi connectivity index (χ0v) is 9.54. The van der Waals surface area contributed by atoms with Crippen LogP contribution in [0.4, 0.5) is 8.78 Å². The molecule has 1 aliphatic carbocycles. The van der Waals surface area contributed by atoms with Gasteiger partial charge in [0.2, 0.25) is 0 Å². The van der Waals surface area contributed by atoms with E-state index in [1.54, 1.807) is 6.20 Å². The van der Waals surface area contributed by atoms with E-state index in [0.717, 1.165) is 25.0 Å². The molecular weight excluding hydrogens is 238 g/mol. The maximum Gasteiger partial charge on any atom is 0.155 e. The van der Waals surface area contributed by atoms with E-state index in [9.17, 15) is 13.6 Å². The van der Waals surface area contributed by atoms with Gasteiger partial charge < -0.3 is 10.7 Å². The molecule has 1 saturated carbocycles. The molecule has 5 heteroatoms. The smallest absolute Gasteiger partial charge is 0.155 e. The van der Waals surface area contributed by atoms with Gasteiger partial charge in [0.25, 0.3) is 0 Å². The lowest BCUT2D eigenvalue weighted by Crippen LogP contribution is -2.08. The molecule has 0 atom stereocenters. The fourth-order valence-electron chi connectivity index (χ4n) is 1.47. The third-order valence-electron chi connectivity index (χ3n) is 2.67. The average molecular weight is 250 g/mol. The first-order valence-electron chi connectivity index (χ1n) is 5.57. The second-order valence-electron chi connectivity index (χ2n) is 4.16. The van der Waals surface area contributed by atoms with Gasteiger partial charge in [-0.05, 0) is 37.3 Å². The quantitative estimate of drug-likeness (QED) is 0.622. The highest BCUT2D eigenvalue weighted by atomic mass is 19.1. The van der Waals surface area contributed by atoms with Crippen LogP contribution in [0.5, 0.6) is 0 Å². The van der Waals surface area contributed by atoms with Crippen LogP contribution in [-0.2, 0) is 0 Å². The maximum absolute atomic E-state index is 13.3. The van der Waals surface area contributed by atoms with Crippen LogP contribution in [0, 0.1) is 17.0 Å². The molecule has 0 saturated heterocycles. The number of aldehydes is 1. The molecule has 0 aliphatic heterocycles. The number of carbonyl (C=O) groups is 1. The van der Waals surface area contributed by atoms with Gasteiger partial charge in [-0.2, -0.15) is 0 Å². The van der Waals surface area contributed by atoms with Crippen LogP contribution in [0.2, 0.25) is 0 Å². The van der Waals surface area contributed by atoms with Crippen molar-refractivity contribution in [3.8, 4) is 0 Å². The second-order valence-corrected chi connectivity index (χ2v) is 4.16. The number of hydrogen-bond acceptors (Lipinski definition) is 3. The van der Waals surface area contributed by atoms with Crippen molar-refractivity contribution < 1.29 is 13.6 Å². The topological polar surface area (TPSA) is 53.0 Å². The van der Waals surface area contributed by atoms with Gasteiger partial charge in [-0.1, -0.05) is 0 Å². The monoisotopic (exact) mass is 250 g/mol. The SMILES string of the molecule is N=C(/C=C\NC1CC1)c1cc(F)c(C=O)c(F)c1. The minimum atomic E-state index is -0.951. The van der Waals surface area contributed by atoms with Gasteiger partial charge >= 0.3 is 0 Å². The van der Waals surface area contributed by atoms with Crippen molar-refractivity contribution >= 4 is 12.0 Å². The summed E-state index contributed by atoms with van der Waals surface area (Å²) >= 11 is 0. The molecule has 0 heterocycles. The Hall–Kier alpha value is -2.04. The van der Waals surface area contributed by atoms with E-state index in [4.69, 9.17) is 5.41 Å². The number of halogens is 2. The molecule has 0 aromatic heterocycles. The van der Waals surface area contributed by atoms with Crippen LogP contribution in [0.25, 0.3) is 0 Å². The molecule has 94 valence electrons. The van der Waals surface area contributed by atoms with Crippen LogP contribution in [0.15, 0.2) is 24.4 Å². The summed E-state index contributed by atoms with van der Waals surface area (Å²) in [4.78, 5) is 10.4. The number of rotatable bonds is 5. The number of nitrogens with one attached hydrogen (secondary N) is 2. The largest absolute Gasteiger partial charge is 0.388 e. The predicted molar refractivity (Wildman–Crippen MR) is 63.9 cm³/mol. The molecule has 3 nitrogen and oxygen atoms in total. The van der Waals surface area contributed by atoms with Gasteiger partial charge in [0.15, 0.2) is 6.29 Å². The molecular formula is C13H12F2N2O. The van der Waals surface area contributed by atoms with Crippen molar-refractivity contribution in [3.05, 3.63) is 47.2 Å². The first-order valence-corrected chi connectivity index (χ1v) is 5.57. The number of hydrogen-bond donors (Lipinski definition) is 2. The molecule has 1 fully saturated rings. The first-order chi connectivity index (χ1) is 8.61. The van der Waals surface area contributed by atoms with E-state index < -0.39 is 17.2 Å². The highest BCUT2D eigenvalue weighted by Crippen LogP contribution is 2.18. The Balaban J connectivity index is 2.14. The molecule has 0 unspecified atom stereocenters. The minimum absolute atomic E-state index is 0.0154. The highest BCUT2D eigenvalue weighted by Gasteiger charge is 2.18. The fourth-order valence-corrected chi connectivity index (χ4v) is 1.47. The summed E-state index contributed by atoms with van der Waals surface area (Å²) in [5, 5.41) is 10.7. The van der Waals surface area contributed by atoms with Crippen molar-refractivity contribution in [2.45, 2.75) is 18.9 Å². The van der Waals surface area contributed by atoms with Crippen LogP contribution in [0.1, 0.15) is 28.8 Å². The molecule has 2 rings (SSSR count). The summed E-state index contributed by atoms with van der Waals surface area (Å²) in [5.74, 6) is -1.90. The maximum atomic E-state index is 13.3. The standard InChI is InChI=1S/C13H12F2N2O/c14-11-5-8(6-12(15)10(11)7-18)13(16)3-4-17-9-1-2-9/h3-7,9,16-17H,1-2H2/b4-3-,16-13?. The lowest BCUT2D eigenvalue weighted by Gasteiger charge is -2.03. The molecule has 0 bridgehead atoms. The fraction of sp³-hybridized carbons (Fsp3) is 0.231. The number of benzene rings is 1. The van der Waals surface area contributed by atoms with Crippen molar-refractivity contribution in [1.82, 2.24) is 5.32 Å². The zero-order chi connectivity index (χ0) is 13.1. The number of allylic oxidation sites excluding steroid dienone is 1. The normalized spacial score (nSPS) is 14.8. The Morgan fingerprint density at radius 3 is 2.44 bits per heavy atom. The van der Waals surface area contributed by atoms with Gasteiger partial charge in [-0.15, -0.1) is 0 Å². The average Bonchev–Trinajstić information content (AvgIpc) is 3.12. The molecule has 18 heavy (non-hydrogen) atoms. The predicted octanol–water partition coefficient (Wildman–Crippen LogP) is 2.41. The van der Waals surface area contributed by atoms with Crippen molar-refractivity contribution in [2.24, 2.45) is 0 Å². The van der Waals surface area contributed by atoms with Gasteiger partial charge in [0.05, 0.1) is 11.3 Å². The van der Waals surface area contributed by atoms with Gasteiger partial charge in [-0.25, -0.2) is 8.78 Å². The Morgan fingerprint density at radius 1 is 1.33 bits per heavy atom. The second kappa shape index (κ2) is 5.08. The summed E-state index contributed by atoms with van der Waals surface area (Å²) in [5.41, 5.74) is -0.519. The van der Waals surface area contributed by atoms with E-state index in [1.807, 2.05) is 0 Å². The third-order valence-corrected chi connectivity index (χ3v) is 2.67. The molecule has 0 radical (unpaired) electrons. The van der Waals surface area contributed by atoms with Crippen LogP contribution in [0.3, 0.4) is 0 Å². The molecule has 1 aromatic rings. The minimum Gasteiger partial charge on any atom is -0.388 e. The zero-order valence-electron chi connectivity index (χ0n) is 9.54. The van der Waals surface area contributed by atoms with Crippen molar-refractivity contribution in [3.63, 3.8) is 0 Å². The van der Waals surface area contributed by atoms with Crippen LogP contribution >= 0.6 is 0 Å². The molecule has 0 amide bonds. The molecule has 1 aliphatic rings. The summed E-state index contributed by atoms with van der Waals surface area (Å²) in [6.45, 7) is 0. The van der Waals surface area contributed by atoms with Crippen molar-refractivity contribution in [2.75, 3.05) is 0 Å². The molecule has 0 spiro atoms. The van der Waals surface area contributed by atoms with Crippen molar-refractivity contribution in [1.29, 1.82) is 5.41 Å². The van der Waals surface area contributed by atoms with E-state index in [2.05, 4.69) is 5.32 Å². The van der Waals surface area contributed by atoms with E-state index >= 15 is 0 Å². The van der Waals surface area contributed by atoms with Gasteiger partial charge in [0.1, 0.15) is 11.6 Å². The lowest BCUT2D eigenvalue weighted by molar-refractivity contribution is 0.111. The van der Waals surface area contributed by atoms with Crippen LogP contribution in [-0.4, -0.2) is 18.0 Å². The summed E-state index contributed by atoms with van der Waals surface area (Å²) in [7, 11) is 0. The van der Waals surface area contributed by atoms with E-state index in [1.165, 1.54) is 6.08 Å². The Morgan fingerprint density at radius 2 is 1.94 bits per heavy atom. The van der Waals surface area contributed by atoms with E-state index in [0.29, 0.717) is 6.04 Å². The van der Waals surface area contributed by atoms with Gasteiger partial charge in [-0.3, -0.25) is 4.79 Å². The highest BCUT2D eigenvalue weighted by molar-refractivity contribution is 6.06. The Labute approximate surface area is 103 Å². The summed E-state index contributed by atoms with van der Waals surface area (Å²) < 4.78 is 26.6. The molecule has 2 N–H and O–H groups in total. The lowest BCUT2D eigenvalue weighted by atomic mass is 10.1. The van der Waals surface area contributed by atoms with Gasteiger partial charge in [0, 0.05) is 11.6 Å². The first kappa shape index (κ1) is 12.4. The summed E-state index contributed by atoms with van der Waals surface area (Å²) in [6.07, 6.45) is 5.38. The van der Waals surface area contributed by atoms with E-state index in [-0.39, 0.29) is 17.6 Å². The number of carbonyl (C=O) groups excluding carboxylic acids is 1. The molecule has 1 aromatic carbocycles. The Bertz CT molecular complexity index is 499. The Kier molecular flexibility index (Phi) is 3.50. The third kappa shape index (κ3) is 2.80.